The van der Waals surface area contributed by atoms with E-state index < -0.39 is 0 Å². The summed E-state index contributed by atoms with van der Waals surface area (Å²) < 4.78 is 16.5. The van der Waals surface area contributed by atoms with Gasteiger partial charge in [0.25, 0.3) is 0 Å². The Balaban J connectivity index is 1.69. The molecule has 2 aromatic heterocycles. The van der Waals surface area contributed by atoms with Crippen LogP contribution < -0.4 is 0 Å². The fourth-order valence-electron chi connectivity index (χ4n) is 3.56. The normalized spacial score (nSPS) is 19.2. The van der Waals surface area contributed by atoms with Crippen LogP contribution >= 0.6 is 0 Å². The van der Waals surface area contributed by atoms with Crippen molar-refractivity contribution in [3.63, 3.8) is 0 Å². The van der Waals surface area contributed by atoms with E-state index in [4.69, 9.17) is 0 Å². The molecule has 0 spiro atoms. The molecule has 1 aromatic carbocycles. The summed E-state index contributed by atoms with van der Waals surface area (Å²) in [5.41, 5.74) is 3.21. The lowest BCUT2D eigenvalue weighted by atomic mass is 9.93. The molecule has 0 aliphatic heterocycles. The Kier molecular flexibility index (Phi) is 2.50. The van der Waals surface area contributed by atoms with Crippen LogP contribution in [0.3, 0.4) is 0 Å². The number of rotatable bonds is 3. The fraction of sp³-hybridized carbons (Fsp3) is 0.389. The summed E-state index contributed by atoms with van der Waals surface area (Å²) in [4.78, 5) is 4.49. The van der Waals surface area contributed by atoms with Crippen LogP contribution in [0.15, 0.2) is 30.6 Å². The van der Waals surface area contributed by atoms with E-state index >= 15 is 0 Å². The molecule has 0 amide bonds. The zero-order chi connectivity index (χ0) is 15.6. The van der Waals surface area contributed by atoms with E-state index in [1.54, 1.807) is 6.07 Å². The summed E-state index contributed by atoms with van der Waals surface area (Å²) in [7, 11) is 0. The van der Waals surface area contributed by atoms with Crippen LogP contribution in [0.1, 0.15) is 54.2 Å². The third-order valence-corrected chi connectivity index (χ3v) is 5.14. The molecule has 0 unspecified atom stereocenters. The minimum absolute atomic E-state index is 0.143. The first-order chi connectivity index (χ1) is 11.2. The van der Waals surface area contributed by atoms with Gasteiger partial charge < -0.3 is 0 Å². The second-order valence-electron chi connectivity index (χ2n) is 6.87. The number of halogens is 1. The van der Waals surface area contributed by atoms with Crippen molar-refractivity contribution in [2.75, 3.05) is 0 Å². The van der Waals surface area contributed by atoms with Crippen LogP contribution in [0.4, 0.5) is 4.39 Å². The molecule has 3 aromatic rings. The number of nitrogens with zero attached hydrogens (tertiary/aromatic N) is 4. The quantitative estimate of drug-likeness (QED) is 0.743. The van der Waals surface area contributed by atoms with Gasteiger partial charge in [-0.2, -0.15) is 0 Å². The van der Waals surface area contributed by atoms with Crippen LogP contribution in [0.2, 0.25) is 0 Å². The van der Waals surface area contributed by atoms with E-state index in [2.05, 4.69) is 15.2 Å². The summed E-state index contributed by atoms with van der Waals surface area (Å²) in [5.74, 6) is 1.22. The van der Waals surface area contributed by atoms with Crippen LogP contribution in [-0.2, 0) is 5.41 Å². The molecule has 0 bridgehead atoms. The lowest BCUT2D eigenvalue weighted by Crippen LogP contribution is -2.15. The smallest absolute Gasteiger partial charge is 0.182 e. The van der Waals surface area contributed by atoms with E-state index in [0.717, 1.165) is 41.1 Å². The second kappa shape index (κ2) is 4.37. The van der Waals surface area contributed by atoms with Crippen molar-refractivity contribution in [2.24, 2.45) is 0 Å². The molecule has 0 atom stereocenters. The van der Waals surface area contributed by atoms with Crippen molar-refractivity contribution >= 4 is 5.65 Å². The van der Waals surface area contributed by atoms with Crippen molar-refractivity contribution in [1.82, 2.24) is 19.6 Å². The highest BCUT2D eigenvalue weighted by atomic mass is 19.1. The molecule has 0 saturated heterocycles. The Morgan fingerprint density at radius 3 is 2.74 bits per heavy atom. The SMILES string of the molecule is Cc1ccc(C2(c3nnc4c(C5CC5)nccn34)CC2)c(F)c1. The molecule has 4 nitrogen and oxygen atoms in total. The third kappa shape index (κ3) is 1.85. The lowest BCUT2D eigenvalue weighted by Gasteiger charge is -2.15. The van der Waals surface area contributed by atoms with Crippen LogP contribution in [0.25, 0.3) is 5.65 Å². The number of fused-ring (bicyclic) bond motifs is 1. The molecule has 23 heavy (non-hydrogen) atoms. The topological polar surface area (TPSA) is 43.1 Å². The van der Waals surface area contributed by atoms with E-state index in [1.165, 1.54) is 12.8 Å². The molecular formula is C18H17FN4. The van der Waals surface area contributed by atoms with Crippen molar-refractivity contribution in [2.45, 2.75) is 43.9 Å². The highest BCUT2D eigenvalue weighted by Crippen LogP contribution is 2.53. The van der Waals surface area contributed by atoms with Crippen LogP contribution in [0, 0.1) is 12.7 Å². The molecule has 2 aliphatic rings. The van der Waals surface area contributed by atoms with Gasteiger partial charge >= 0.3 is 0 Å². The molecule has 2 fully saturated rings. The standard InChI is InChI=1S/C18H17FN4/c1-11-2-5-13(14(19)10-11)18(6-7-18)17-22-21-16-15(12-3-4-12)20-8-9-23(16)17/h2,5,8-10,12H,3-4,6-7H2,1H3. The minimum atomic E-state index is -0.334. The first-order valence-corrected chi connectivity index (χ1v) is 8.16. The van der Waals surface area contributed by atoms with Crippen molar-refractivity contribution in [3.8, 4) is 0 Å². The highest BCUT2D eigenvalue weighted by Gasteiger charge is 2.51. The van der Waals surface area contributed by atoms with E-state index in [1.807, 2.05) is 35.9 Å². The van der Waals surface area contributed by atoms with Gasteiger partial charge in [-0.15, -0.1) is 10.2 Å². The predicted molar refractivity (Wildman–Crippen MR) is 83.9 cm³/mol. The van der Waals surface area contributed by atoms with Gasteiger partial charge in [-0.25, -0.2) is 4.39 Å². The largest absolute Gasteiger partial charge is 0.283 e. The van der Waals surface area contributed by atoms with E-state index in [9.17, 15) is 4.39 Å². The number of aryl methyl sites for hydroxylation is 1. The van der Waals surface area contributed by atoms with Gasteiger partial charge in [0, 0.05) is 23.9 Å². The molecule has 2 saturated carbocycles. The average Bonchev–Trinajstić information content (AvgIpc) is 3.45. The highest BCUT2D eigenvalue weighted by molar-refractivity contribution is 5.50. The zero-order valence-corrected chi connectivity index (χ0v) is 13.0. The summed E-state index contributed by atoms with van der Waals surface area (Å²) in [6.45, 7) is 1.91. The van der Waals surface area contributed by atoms with Gasteiger partial charge in [0.2, 0.25) is 0 Å². The average molecular weight is 308 g/mol. The zero-order valence-electron chi connectivity index (χ0n) is 13.0. The van der Waals surface area contributed by atoms with E-state index in [-0.39, 0.29) is 11.2 Å². The van der Waals surface area contributed by atoms with Crippen molar-refractivity contribution < 1.29 is 4.39 Å². The molecule has 2 aliphatic carbocycles. The monoisotopic (exact) mass is 308 g/mol. The fourth-order valence-corrected chi connectivity index (χ4v) is 3.56. The molecular weight excluding hydrogens is 291 g/mol. The maximum Gasteiger partial charge on any atom is 0.182 e. The first kappa shape index (κ1) is 13.2. The summed E-state index contributed by atoms with van der Waals surface area (Å²) in [6.07, 6.45) is 7.89. The summed E-state index contributed by atoms with van der Waals surface area (Å²) in [6, 6.07) is 5.48. The minimum Gasteiger partial charge on any atom is -0.283 e. The second-order valence-corrected chi connectivity index (χ2v) is 6.87. The van der Waals surface area contributed by atoms with Gasteiger partial charge in [-0.3, -0.25) is 9.38 Å². The first-order valence-electron chi connectivity index (χ1n) is 8.16. The van der Waals surface area contributed by atoms with Crippen molar-refractivity contribution in [1.29, 1.82) is 0 Å². The number of aromatic nitrogens is 4. The van der Waals surface area contributed by atoms with Gasteiger partial charge in [-0.05, 0) is 44.2 Å². The van der Waals surface area contributed by atoms with Gasteiger partial charge in [0.1, 0.15) is 11.6 Å². The summed E-state index contributed by atoms with van der Waals surface area (Å²) in [5, 5.41) is 8.83. The summed E-state index contributed by atoms with van der Waals surface area (Å²) >= 11 is 0. The number of hydrogen-bond donors (Lipinski definition) is 0. The number of hydrogen-bond acceptors (Lipinski definition) is 3. The molecule has 116 valence electrons. The maximum atomic E-state index is 14.5. The number of benzene rings is 1. The molecule has 2 heterocycles. The molecule has 0 radical (unpaired) electrons. The van der Waals surface area contributed by atoms with Gasteiger partial charge in [-0.1, -0.05) is 12.1 Å². The molecule has 0 N–H and O–H groups in total. The molecule has 5 heteroatoms. The Morgan fingerprint density at radius 2 is 2.04 bits per heavy atom. The van der Waals surface area contributed by atoms with Gasteiger partial charge in [0.15, 0.2) is 5.65 Å². The van der Waals surface area contributed by atoms with Crippen LogP contribution in [-0.4, -0.2) is 19.6 Å². The van der Waals surface area contributed by atoms with Gasteiger partial charge in [0.05, 0.1) is 11.1 Å². The Hall–Kier alpha value is -2.30. The maximum absolute atomic E-state index is 14.5. The van der Waals surface area contributed by atoms with Crippen LogP contribution in [0.5, 0.6) is 0 Å². The Bertz CT molecular complexity index is 922. The van der Waals surface area contributed by atoms with Crippen molar-refractivity contribution in [3.05, 3.63) is 59.1 Å². The Labute approximate surface area is 133 Å². The predicted octanol–water partition coefficient (Wildman–Crippen LogP) is 3.53. The Morgan fingerprint density at radius 1 is 1.22 bits per heavy atom. The van der Waals surface area contributed by atoms with E-state index in [0.29, 0.717) is 5.92 Å². The third-order valence-electron chi connectivity index (χ3n) is 5.14. The molecule has 5 rings (SSSR count). The lowest BCUT2D eigenvalue weighted by molar-refractivity contribution is 0.583.